The number of rotatable bonds is 12. The second kappa shape index (κ2) is 29.5. The highest BCUT2D eigenvalue weighted by Crippen LogP contribution is 2.29. The first-order valence-electron chi connectivity index (χ1n) is 21.8. The molecule has 0 aromatic rings. The van der Waals surface area contributed by atoms with E-state index in [1.54, 1.807) is 83.1 Å². The molecule has 4 N–H and O–H groups in total. The van der Waals surface area contributed by atoms with E-state index < -0.39 is 116 Å². The Balaban J connectivity index is 0.00000109. The van der Waals surface area contributed by atoms with Gasteiger partial charge in [-0.15, -0.1) is 0 Å². The Bertz CT molecular complexity index is 1780. The van der Waals surface area contributed by atoms with Crippen LogP contribution in [0.25, 0.3) is 0 Å². The number of methoxy groups -OCH3 is 2. The average Bonchev–Trinajstić information content (AvgIpc) is 3.18. The van der Waals surface area contributed by atoms with Gasteiger partial charge in [0.1, 0.15) is 47.7 Å². The van der Waals surface area contributed by atoms with Gasteiger partial charge >= 0.3 is 42.3 Å². The van der Waals surface area contributed by atoms with Gasteiger partial charge in [-0.25, -0.2) is 39.2 Å². The van der Waals surface area contributed by atoms with Crippen LogP contribution in [0.5, 0.6) is 0 Å². The lowest BCUT2D eigenvalue weighted by atomic mass is 10.1. The number of carboxylic acids is 1. The lowest BCUT2D eigenvalue weighted by Crippen LogP contribution is -2.61. The van der Waals surface area contributed by atoms with Gasteiger partial charge in [-0.3, -0.25) is 14.6 Å². The first kappa shape index (κ1) is 67.6. The zero-order chi connectivity index (χ0) is 55.5. The van der Waals surface area contributed by atoms with Gasteiger partial charge in [0.05, 0.1) is 13.2 Å². The Kier molecular flexibility index (Phi) is 28.0. The highest BCUT2D eigenvalue weighted by molar-refractivity contribution is 6.68. The largest absolute Gasteiger partial charge is 0.480 e. The van der Waals surface area contributed by atoms with Crippen LogP contribution >= 0.6 is 69.6 Å². The normalized spacial score (nSPS) is 17.5. The number of hydrogen-bond acceptors (Lipinski definition) is 17. The van der Waals surface area contributed by atoms with Crippen LogP contribution in [-0.2, 0) is 57.1 Å². The molecule has 0 saturated carbocycles. The van der Waals surface area contributed by atoms with E-state index in [9.17, 15) is 38.4 Å². The molecule has 0 unspecified atom stereocenters. The van der Waals surface area contributed by atoms with Crippen molar-refractivity contribution < 1.29 is 81.4 Å². The van der Waals surface area contributed by atoms with Crippen LogP contribution < -0.4 is 16.1 Å². The minimum atomic E-state index is -1.80. The van der Waals surface area contributed by atoms with E-state index in [4.69, 9.17) is 108 Å². The van der Waals surface area contributed by atoms with Crippen LogP contribution in [0.4, 0.5) is 19.2 Å². The lowest BCUT2D eigenvalue weighted by molar-refractivity contribution is -0.161. The van der Waals surface area contributed by atoms with E-state index in [0.29, 0.717) is 25.8 Å². The molecular formula is C42H70Cl6N6O17. The third kappa shape index (κ3) is 31.0. The van der Waals surface area contributed by atoms with Crippen LogP contribution in [0.2, 0.25) is 0 Å². The maximum Gasteiger partial charge on any atom is 0.430 e. The van der Waals surface area contributed by atoms with E-state index in [0.717, 1.165) is 10.0 Å². The van der Waals surface area contributed by atoms with Crippen LogP contribution in [0, 0.1) is 0 Å². The highest BCUT2D eigenvalue weighted by atomic mass is 35.6. The number of alkyl carbamates (subject to hydrolysis) is 2. The number of aliphatic carboxylic acids is 1. The Hall–Kier alpha value is -3.42. The molecule has 412 valence electrons. The first-order chi connectivity index (χ1) is 32.1. The molecule has 29 heteroatoms. The molecule has 0 aromatic carbocycles. The standard InChI is InChI=1S/C17H27Cl3N2O6.C16H26Cl3N3O6.C9H17NO5/c1-15(2,3)27-13(24)21-9-7-8-11(12(23)26-10-17(18,19)20)22(21)14(25)28-16(4,5)6;1-15(2,3)28-14(25)20-11(8-26-4)12(23)22-7-5-6-10(21-22)13(24)27-9-16(17,18)19;1-9(2,3)15-8(13)10-6(5-14-4)7(11)12/h11H,7-10H2,1-6H3;10-11,21H,5-9H2,1-4H3,(H,20,25);6H,5H2,1-4H3,(H,10,13)(H,11,12)/t11-;10-,11-;6-/m000/s1. The van der Waals surface area contributed by atoms with Crippen molar-refractivity contribution in [1.82, 2.24) is 31.1 Å². The van der Waals surface area contributed by atoms with Crippen LogP contribution in [0.15, 0.2) is 0 Å². The van der Waals surface area contributed by atoms with Gasteiger partial charge in [0.25, 0.3) is 5.91 Å². The molecule has 2 aliphatic rings. The quantitative estimate of drug-likeness (QED) is 0.0870. The van der Waals surface area contributed by atoms with Crippen molar-refractivity contribution in [3.63, 3.8) is 0 Å². The van der Waals surface area contributed by atoms with Gasteiger partial charge in [-0.1, -0.05) is 69.6 Å². The number of halogens is 6. The fourth-order valence-electron chi connectivity index (χ4n) is 5.47. The summed E-state index contributed by atoms with van der Waals surface area (Å²) in [6.07, 6.45) is -1.52. The summed E-state index contributed by atoms with van der Waals surface area (Å²) in [6.45, 7) is 19.7. The van der Waals surface area contributed by atoms with Crippen LogP contribution in [0.1, 0.15) is 109 Å². The molecule has 0 bridgehead atoms. The number of hydrazine groups is 2. The van der Waals surface area contributed by atoms with E-state index in [2.05, 4.69) is 20.8 Å². The molecule has 2 heterocycles. The number of carbonyl (C=O) groups excluding carboxylic acids is 7. The maximum absolute atomic E-state index is 12.8. The van der Waals surface area contributed by atoms with E-state index in [1.807, 2.05) is 0 Å². The molecule has 2 rings (SSSR count). The third-order valence-electron chi connectivity index (χ3n) is 8.00. The number of alkyl halides is 6. The highest BCUT2D eigenvalue weighted by Gasteiger charge is 2.45. The Morgan fingerprint density at radius 1 is 0.592 bits per heavy atom. The minimum Gasteiger partial charge on any atom is -0.480 e. The van der Waals surface area contributed by atoms with Gasteiger partial charge in [-0.2, -0.15) is 5.01 Å². The molecule has 4 atom stereocenters. The van der Waals surface area contributed by atoms with Crippen molar-refractivity contribution in [3.8, 4) is 0 Å². The third-order valence-corrected chi connectivity index (χ3v) is 8.65. The van der Waals surface area contributed by atoms with E-state index in [-0.39, 0.29) is 26.2 Å². The number of amides is 5. The fourth-order valence-corrected chi connectivity index (χ4v) is 5.79. The van der Waals surface area contributed by atoms with Crippen molar-refractivity contribution in [2.45, 2.75) is 163 Å². The second-order valence-corrected chi connectivity index (χ2v) is 24.5. The molecule has 23 nitrogen and oxygen atoms in total. The van der Waals surface area contributed by atoms with Gasteiger partial charge in [0.15, 0.2) is 12.1 Å². The summed E-state index contributed by atoms with van der Waals surface area (Å²) in [5.41, 5.74) is -0.227. The van der Waals surface area contributed by atoms with Crippen molar-refractivity contribution in [3.05, 3.63) is 0 Å². The monoisotopic (exact) mass is 1140 g/mol. The Morgan fingerprint density at radius 2 is 1.00 bits per heavy atom. The fraction of sp³-hybridized carbons (Fsp3) is 0.810. The zero-order valence-corrected chi connectivity index (χ0v) is 47.0. The Labute approximate surface area is 444 Å². The molecule has 0 spiro atoms. The van der Waals surface area contributed by atoms with Crippen molar-refractivity contribution in [2.24, 2.45) is 0 Å². The molecule has 2 fully saturated rings. The summed E-state index contributed by atoms with van der Waals surface area (Å²) in [6, 6.07) is -3.99. The molecule has 0 radical (unpaired) electrons. The van der Waals surface area contributed by atoms with Gasteiger partial charge in [0.2, 0.25) is 7.59 Å². The average molecular weight is 1140 g/mol. The maximum atomic E-state index is 12.8. The van der Waals surface area contributed by atoms with Crippen molar-refractivity contribution in [1.29, 1.82) is 0 Å². The number of carboxylic acid groups (broad SMARTS) is 1. The summed E-state index contributed by atoms with van der Waals surface area (Å²) in [5.74, 6) is -3.10. The predicted molar refractivity (Wildman–Crippen MR) is 262 cm³/mol. The number of nitrogens with one attached hydrogen (secondary N) is 3. The van der Waals surface area contributed by atoms with E-state index >= 15 is 0 Å². The summed E-state index contributed by atoms with van der Waals surface area (Å²) in [5, 5.41) is 16.6. The lowest BCUT2D eigenvalue weighted by Gasteiger charge is -2.42. The first-order valence-corrected chi connectivity index (χ1v) is 24.1. The van der Waals surface area contributed by atoms with Crippen molar-refractivity contribution >= 4 is 118 Å². The number of nitrogens with zero attached hydrogens (tertiary/aromatic N) is 3. The predicted octanol–water partition coefficient (Wildman–Crippen LogP) is 7.00. The van der Waals surface area contributed by atoms with Gasteiger partial charge in [-0.05, 0) is 109 Å². The molecule has 2 saturated heterocycles. The molecule has 0 aromatic heterocycles. The molecular weight excluding hydrogens is 1070 g/mol. The number of ether oxygens (including phenoxy) is 8. The number of carbonyl (C=O) groups is 8. The summed E-state index contributed by atoms with van der Waals surface area (Å²) in [4.78, 5) is 96.7. The molecule has 0 aliphatic carbocycles. The summed E-state index contributed by atoms with van der Waals surface area (Å²) < 4.78 is 36.9. The smallest absolute Gasteiger partial charge is 0.430 e. The zero-order valence-electron chi connectivity index (χ0n) is 42.5. The van der Waals surface area contributed by atoms with Gasteiger partial charge < -0.3 is 53.6 Å². The number of esters is 2. The van der Waals surface area contributed by atoms with Crippen LogP contribution in [0.3, 0.4) is 0 Å². The molecule has 5 amide bonds. The van der Waals surface area contributed by atoms with E-state index in [1.165, 1.54) is 19.2 Å². The number of hydrogen-bond donors (Lipinski definition) is 4. The molecule has 71 heavy (non-hydrogen) atoms. The van der Waals surface area contributed by atoms with Gasteiger partial charge in [0, 0.05) is 27.3 Å². The molecule has 2 aliphatic heterocycles. The second-order valence-electron chi connectivity index (χ2n) is 19.5. The summed E-state index contributed by atoms with van der Waals surface area (Å²) in [7, 11) is 2.75. The SMILES string of the molecule is CC(C)(C)OC(=O)N1CCC[C@@H](C(=O)OCC(Cl)(Cl)Cl)N1C(=O)OC(C)(C)C.COC[C@H](NC(=O)OC(C)(C)C)C(=O)N1CCC[C@@H](C(=O)OCC(Cl)(Cl)Cl)N1.COC[C@H](NC(=O)OC(C)(C)C)C(=O)O. The summed E-state index contributed by atoms with van der Waals surface area (Å²) >= 11 is 33.6. The minimum absolute atomic E-state index is 0.0708. The van der Waals surface area contributed by atoms with Crippen molar-refractivity contribution in [2.75, 3.05) is 53.7 Å². The van der Waals surface area contributed by atoms with Crippen LogP contribution in [-0.4, -0.2) is 176 Å². The topological polar surface area (TPSA) is 276 Å². The Morgan fingerprint density at radius 3 is 1.42 bits per heavy atom.